The minimum Gasteiger partial charge on any atom is -0.316 e. The minimum atomic E-state index is -0.347. The molecule has 3 atom stereocenters. The number of hydrogen-bond donors (Lipinski definition) is 2. The van der Waals surface area contributed by atoms with E-state index in [9.17, 15) is 9.59 Å². The molecule has 3 saturated heterocycles. The summed E-state index contributed by atoms with van der Waals surface area (Å²) < 4.78 is 1.95. The fraction of sp³-hybridized carbons (Fsp3) is 0.640. The predicted octanol–water partition coefficient (Wildman–Crippen LogP) is 2.52. The number of rotatable bonds is 4. The van der Waals surface area contributed by atoms with Gasteiger partial charge < -0.3 is 10.2 Å². The molecule has 2 aromatic rings. The van der Waals surface area contributed by atoms with Gasteiger partial charge in [0.1, 0.15) is 0 Å². The standard InChI is InChI=1S/C25H35N5O2/c1-16-14-26-11-8-18(16)15-30-12-9-17(10-13-30)19-4-3-5-20-23(28-29(2)24(19)20)21-6-7-22(31)27-25(21)32/h3-5,16-18,21,26H,6-15H2,1-2H3,(H,27,31,32)/t16-,18+,21?/m1/s1. The van der Waals surface area contributed by atoms with Crippen LogP contribution in [0.2, 0.25) is 0 Å². The highest BCUT2D eigenvalue weighted by atomic mass is 16.2. The van der Waals surface area contributed by atoms with Crippen molar-refractivity contribution in [1.29, 1.82) is 0 Å². The van der Waals surface area contributed by atoms with Gasteiger partial charge in [-0.25, -0.2) is 0 Å². The Bertz CT molecular complexity index is 1010. The van der Waals surface area contributed by atoms with E-state index >= 15 is 0 Å². The fourth-order valence-electron chi connectivity index (χ4n) is 6.03. The molecule has 0 bridgehead atoms. The number of hydrogen-bond acceptors (Lipinski definition) is 5. The Hall–Kier alpha value is -2.25. The smallest absolute Gasteiger partial charge is 0.235 e. The van der Waals surface area contributed by atoms with Gasteiger partial charge in [0.05, 0.1) is 17.1 Å². The first kappa shape index (κ1) is 21.6. The van der Waals surface area contributed by atoms with E-state index in [0.717, 1.165) is 67.5 Å². The minimum absolute atomic E-state index is 0.183. The predicted molar refractivity (Wildman–Crippen MR) is 124 cm³/mol. The molecule has 7 heteroatoms. The summed E-state index contributed by atoms with van der Waals surface area (Å²) in [5.74, 6) is 1.34. The van der Waals surface area contributed by atoms with E-state index in [1.54, 1.807) is 0 Å². The highest BCUT2D eigenvalue weighted by Crippen LogP contribution is 2.37. The Morgan fingerprint density at radius 3 is 2.69 bits per heavy atom. The van der Waals surface area contributed by atoms with Crippen molar-refractivity contribution in [2.75, 3.05) is 32.7 Å². The van der Waals surface area contributed by atoms with Crippen LogP contribution in [0.25, 0.3) is 10.9 Å². The summed E-state index contributed by atoms with van der Waals surface area (Å²) in [6.45, 7) is 8.21. The molecule has 5 rings (SSSR count). The number of aryl methyl sites for hydroxylation is 1. The van der Waals surface area contributed by atoms with Crippen LogP contribution in [0, 0.1) is 11.8 Å². The van der Waals surface area contributed by atoms with E-state index in [0.29, 0.717) is 18.8 Å². The van der Waals surface area contributed by atoms with Gasteiger partial charge in [-0.05, 0) is 75.2 Å². The number of nitrogens with one attached hydrogen (secondary N) is 2. The van der Waals surface area contributed by atoms with Gasteiger partial charge in [0, 0.05) is 25.4 Å². The van der Waals surface area contributed by atoms with E-state index in [1.807, 2.05) is 11.7 Å². The van der Waals surface area contributed by atoms with Crippen molar-refractivity contribution in [3.63, 3.8) is 0 Å². The van der Waals surface area contributed by atoms with Crippen molar-refractivity contribution in [2.45, 2.75) is 50.9 Å². The Kier molecular flexibility index (Phi) is 6.03. The lowest BCUT2D eigenvalue weighted by Gasteiger charge is -2.38. The molecule has 2 amide bonds. The third-order valence-corrected chi connectivity index (χ3v) is 7.98. The van der Waals surface area contributed by atoms with Gasteiger partial charge in [-0.3, -0.25) is 19.6 Å². The van der Waals surface area contributed by atoms with E-state index in [1.165, 1.54) is 18.5 Å². The van der Waals surface area contributed by atoms with E-state index in [2.05, 4.69) is 40.7 Å². The molecule has 1 aromatic carbocycles. The monoisotopic (exact) mass is 437 g/mol. The molecular formula is C25H35N5O2. The first-order valence-corrected chi connectivity index (χ1v) is 12.2. The average molecular weight is 438 g/mol. The summed E-state index contributed by atoms with van der Waals surface area (Å²) in [5, 5.41) is 11.8. The molecule has 0 saturated carbocycles. The number of aromatic nitrogens is 2. The SMILES string of the molecule is C[C@@H]1CNCC[C@H]1CN1CCC(c2cccc3c(C4CCC(=O)NC4=O)nn(C)c23)CC1. The van der Waals surface area contributed by atoms with E-state index in [-0.39, 0.29) is 17.7 Å². The van der Waals surface area contributed by atoms with Gasteiger partial charge in [-0.2, -0.15) is 5.10 Å². The lowest BCUT2D eigenvalue weighted by atomic mass is 9.84. The van der Waals surface area contributed by atoms with Gasteiger partial charge >= 0.3 is 0 Å². The maximum atomic E-state index is 12.5. The zero-order chi connectivity index (χ0) is 22.2. The molecule has 172 valence electrons. The summed E-state index contributed by atoms with van der Waals surface area (Å²) in [6, 6.07) is 6.43. The topological polar surface area (TPSA) is 79.3 Å². The number of carbonyl (C=O) groups excluding carboxylic acids is 2. The number of carbonyl (C=O) groups is 2. The summed E-state index contributed by atoms with van der Waals surface area (Å²) in [7, 11) is 1.98. The highest BCUT2D eigenvalue weighted by Gasteiger charge is 2.33. The van der Waals surface area contributed by atoms with Crippen molar-refractivity contribution in [1.82, 2.24) is 25.3 Å². The highest BCUT2D eigenvalue weighted by molar-refractivity contribution is 6.02. The van der Waals surface area contributed by atoms with Crippen LogP contribution in [0.3, 0.4) is 0 Å². The zero-order valence-corrected chi connectivity index (χ0v) is 19.3. The second-order valence-corrected chi connectivity index (χ2v) is 10.1. The first-order valence-electron chi connectivity index (χ1n) is 12.2. The molecule has 2 N–H and O–H groups in total. The molecule has 7 nitrogen and oxygen atoms in total. The van der Waals surface area contributed by atoms with Crippen LogP contribution in [-0.4, -0.2) is 59.2 Å². The first-order chi connectivity index (χ1) is 15.5. The number of imide groups is 1. The molecule has 0 radical (unpaired) electrons. The van der Waals surface area contributed by atoms with Crippen LogP contribution in [0.1, 0.15) is 62.1 Å². The summed E-state index contributed by atoms with van der Waals surface area (Å²) in [6.07, 6.45) is 4.53. The second kappa shape index (κ2) is 8.94. The van der Waals surface area contributed by atoms with Crippen molar-refractivity contribution >= 4 is 22.7 Å². The number of likely N-dealkylation sites (tertiary alicyclic amines) is 1. The third kappa shape index (κ3) is 4.08. The van der Waals surface area contributed by atoms with Crippen LogP contribution in [0.5, 0.6) is 0 Å². The van der Waals surface area contributed by atoms with Gasteiger partial charge in [-0.15, -0.1) is 0 Å². The van der Waals surface area contributed by atoms with Crippen LogP contribution in [0.15, 0.2) is 18.2 Å². The molecule has 3 aliphatic heterocycles. The molecule has 1 aromatic heterocycles. The number of para-hydroxylation sites is 1. The molecule has 0 spiro atoms. The molecular weight excluding hydrogens is 402 g/mol. The van der Waals surface area contributed by atoms with Crippen molar-refractivity contribution < 1.29 is 9.59 Å². The quantitative estimate of drug-likeness (QED) is 0.719. The van der Waals surface area contributed by atoms with E-state index < -0.39 is 0 Å². The maximum absolute atomic E-state index is 12.5. The number of fused-ring (bicyclic) bond motifs is 1. The molecule has 32 heavy (non-hydrogen) atoms. The van der Waals surface area contributed by atoms with Gasteiger partial charge in [0.15, 0.2) is 0 Å². The zero-order valence-electron chi connectivity index (χ0n) is 19.3. The van der Waals surface area contributed by atoms with Crippen LogP contribution < -0.4 is 10.6 Å². The average Bonchev–Trinajstić information content (AvgIpc) is 3.12. The Labute approximate surface area is 189 Å². The Morgan fingerprint density at radius 2 is 1.94 bits per heavy atom. The molecule has 4 heterocycles. The Morgan fingerprint density at radius 1 is 1.12 bits per heavy atom. The number of amides is 2. The molecule has 0 aliphatic carbocycles. The fourth-order valence-corrected chi connectivity index (χ4v) is 6.03. The molecule has 3 fully saturated rings. The number of benzene rings is 1. The normalized spacial score (nSPS) is 28.2. The third-order valence-electron chi connectivity index (χ3n) is 7.98. The van der Waals surface area contributed by atoms with Crippen molar-refractivity contribution in [3.05, 3.63) is 29.5 Å². The van der Waals surface area contributed by atoms with Crippen LogP contribution in [-0.2, 0) is 16.6 Å². The lowest BCUT2D eigenvalue weighted by Crippen LogP contribution is -2.43. The van der Waals surface area contributed by atoms with Crippen molar-refractivity contribution in [2.24, 2.45) is 18.9 Å². The second-order valence-electron chi connectivity index (χ2n) is 10.1. The van der Waals surface area contributed by atoms with Gasteiger partial charge in [-0.1, -0.05) is 25.1 Å². The largest absolute Gasteiger partial charge is 0.316 e. The number of nitrogens with zero attached hydrogens (tertiary/aromatic N) is 3. The van der Waals surface area contributed by atoms with Gasteiger partial charge in [0.2, 0.25) is 11.8 Å². The molecule has 1 unspecified atom stereocenters. The molecule has 3 aliphatic rings. The van der Waals surface area contributed by atoms with Gasteiger partial charge in [0.25, 0.3) is 0 Å². The lowest BCUT2D eigenvalue weighted by molar-refractivity contribution is -0.134. The summed E-state index contributed by atoms with van der Waals surface area (Å²) >= 11 is 0. The van der Waals surface area contributed by atoms with Crippen LogP contribution >= 0.6 is 0 Å². The van der Waals surface area contributed by atoms with E-state index in [4.69, 9.17) is 5.10 Å². The maximum Gasteiger partial charge on any atom is 0.235 e. The number of piperidine rings is 3. The van der Waals surface area contributed by atoms with Crippen LogP contribution in [0.4, 0.5) is 0 Å². The summed E-state index contributed by atoms with van der Waals surface area (Å²) in [4.78, 5) is 26.7. The van der Waals surface area contributed by atoms with Crippen molar-refractivity contribution in [3.8, 4) is 0 Å². The summed E-state index contributed by atoms with van der Waals surface area (Å²) in [5.41, 5.74) is 3.32. The Balaban J connectivity index is 1.33.